The average Bonchev–Trinajstić information content (AvgIpc) is 3.27. The summed E-state index contributed by atoms with van der Waals surface area (Å²) in [6, 6.07) is 46.2. The molecule has 0 aromatic heterocycles. The molecule has 6 aromatic carbocycles. The van der Waals surface area contributed by atoms with Crippen LogP contribution in [0.2, 0.25) is 0 Å². The summed E-state index contributed by atoms with van der Waals surface area (Å²) in [7, 11) is 6.23. The number of alkyl halides is 3. The zero-order valence-electron chi connectivity index (χ0n) is 32.5. The second-order valence-electron chi connectivity index (χ2n) is 13.3. The largest absolute Gasteiger partial charge is 0.497 e. The maximum atomic E-state index is 14.1. The van der Waals surface area contributed by atoms with Crippen LogP contribution in [0.1, 0.15) is 33.4 Å². The number of carbonyl (C=O) groups is 1. The van der Waals surface area contributed by atoms with E-state index >= 15 is 0 Å². The second kappa shape index (κ2) is 18.3. The molecular formula is C47H44F3NO7. The molecule has 300 valence electrons. The first-order valence-electron chi connectivity index (χ1n) is 18.4. The molecular weight excluding hydrogens is 748 g/mol. The number of nitrogens with one attached hydrogen (secondary N) is 1. The van der Waals surface area contributed by atoms with E-state index in [1.54, 1.807) is 77.0 Å². The van der Waals surface area contributed by atoms with Crippen LogP contribution in [0.4, 0.5) is 13.2 Å². The molecule has 0 bridgehead atoms. The zero-order valence-corrected chi connectivity index (χ0v) is 32.5. The summed E-state index contributed by atoms with van der Waals surface area (Å²) < 4.78 is 78.0. The number of hydrogen-bond acceptors (Lipinski definition) is 7. The molecule has 0 atom stereocenters. The molecule has 0 fully saturated rings. The van der Waals surface area contributed by atoms with Crippen LogP contribution < -0.4 is 24.3 Å². The van der Waals surface area contributed by atoms with Crippen molar-refractivity contribution in [3.63, 3.8) is 0 Å². The molecule has 0 saturated heterocycles. The monoisotopic (exact) mass is 791 g/mol. The number of rotatable bonds is 17. The van der Waals surface area contributed by atoms with Crippen molar-refractivity contribution in [3.05, 3.63) is 191 Å². The van der Waals surface area contributed by atoms with Gasteiger partial charge in [0.05, 0.1) is 47.7 Å². The summed E-state index contributed by atoms with van der Waals surface area (Å²) in [5.74, 6) is 0.247. The molecule has 0 aliphatic heterocycles. The minimum absolute atomic E-state index is 0.426. The predicted molar refractivity (Wildman–Crippen MR) is 215 cm³/mol. The lowest BCUT2D eigenvalue weighted by molar-refractivity contribution is -0.176. The van der Waals surface area contributed by atoms with E-state index in [4.69, 9.17) is 28.4 Å². The second-order valence-corrected chi connectivity index (χ2v) is 13.3. The van der Waals surface area contributed by atoms with Gasteiger partial charge in [-0.2, -0.15) is 13.2 Å². The van der Waals surface area contributed by atoms with Gasteiger partial charge in [-0.15, -0.1) is 0 Å². The van der Waals surface area contributed by atoms with E-state index in [9.17, 15) is 18.0 Å². The molecule has 6 rings (SSSR count). The Labute approximate surface area is 336 Å². The molecule has 0 heterocycles. The fraction of sp³-hybridized carbons (Fsp3) is 0.213. The normalized spacial score (nSPS) is 11.9. The first kappa shape index (κ1) is 41.3. The number of ether oxygens (including phenoxy) is 6. The van der Waals surface area contributed by atoms with Crippen LogP contribution in [-0.4, -0.2) is 59.8 Å². The number of methoxy groups -OCH3 is 4. The molecule has 11 heteroatoms. The third-order valence-corrected chi connectivity index (χ3v) is 9.94. The van der Waals surface area contributed by atoms with Crippen molar-refractivity contribution in [2.24, 2.45) is 0 Å². The van der Waals surface area contributed by atoms with Gasteiger partial charge in [-0.3, -0.25) is 4.79 Å². The van der Waals surface area contributed by atoms with Crippen molar-refractivity contribution in [1.29, 1.82) is 0 Å². The van der Waals surface area contributed by atoms with Gasteiger partial charge in [0.25, 0.3) is 0 Å². The number of benzene rings is 6. The number of carbonyl (C=O) groups excluding carboxylic acids is 1. The number of amides is 1. The standard InChI is InChI=1S/C47H44F3NO7/c1-53-40-23-15-35(16-24-40)45(33-11-7-5-8-12-33,36-17-25-41(54-2)26-18-36)57-31-39(51-44(52)47(48,49)50)32-58-46(34-13-9-6-10-14-34,37-19-27-42(55-3)28-20-37)38-21-29-43(56-4)30-22-38/h5-30,39H,31-32H2,1-4H3,(H,51,52). The Bertz CT molecular complexity index is 1960. The molecule has 1 amide bonds. The van der Waals surface area contributed by atoms with Crippen molar-refractivity contribution in [3.8, 4) is 23.0 Å². The summed E-state index contributed by atoms with van der Waals surface area (Å²) in [5, 5.41) is 2.19. The van der Waals surface area contributed by atoms with E-state index in [-0.39, 0.29) is 0 Å². The van der Waals surface area contributed by atoms with Crippen LogP contribution in [-0.2, 0) is 25.5 Å². The highest BCUT2D eigenvalue weighted by atomic mass is 19.4. The molecule has 1 N–H and O–H groups in total. The Hall–Kier alpha value is -6.30. The Morgan fingerprint density at radius 3 is 0.948 bits per heavy atom. The molecule has 0 saturated carbocycles. The van der Waals surface area contributed by atoms with Crippen LogP contribution >= 0.6 is 0 Å². The van der Waals surface area contributed by atoms with Gasteiger partial charge in [-0.05, 0) is 81.9 Å². The van der Waals surface area contributed by atoms with Crippen LogP contribution in [0.15, 0.2) is 158 Å². The van der Waals surface area contributed by atoms with E-state index in [0.29, 0.717) is 56.4 Å². The molecule has 0 radical (unpaired) electrons. The van der Waals surface area contributed by atoms with Gasteiger partial charge in [-0.25, -0.2) is 0 Å². The first-order valence-corrected chi connectivity index (χ1v) is 18.4. The molecule has 0 aliphatic rings. The smallest absolute Gasteiger partial charge is 0.471 e. The number of hydrogen-bond donors (Lipinski definition) is 1. The summed E-state index contributed by atoms with van der Waals surface area (Å²) in [6.07, 6.45) is -5.19. The van der Waals surface area contributed by atoms with Crippen molar-refractivity contribution >= 4 is 5.91 Å². The summed E-state index contributed by atoms with van der Waals surface area (Å²) in [6.45, 7) is -0.851. The quantitative estimate of drug-likeness (QED) is 0.0924. The number of halogens is 3. The molecule has 0 aliphatic carbocycles. The van der Waals surface area contributed by atoms with Crippen LogP contribution in [0.25, 0.3) is 0 Å². The topological polar surface area (TPSA) is 84.5 Å². The van der Waals surface area contributed by atoms with E-state index in [1.807, 2.05) is 109 Å². The maximum Gasteiger partial charge on any atom is 0.471 e. The van der Waals surface area contributed by atoms with Gasteiger partial charge in [0.15, 0.2) is 0 Å². The summed E-state index contributed by atoms with van der Waals surface area (Å²) in [4.78, 5) is 12.8. The highest BCUT2D eigenvalue weighted by molar-refractivity contribution is 5.82. The third-order valence-electron chi connectivity index (χ3n) is 9.94. The lowest BCUT2D eigenvalue weighted by atomic mass is 9.79. The highest BCUT2D eigenvalue weighted by Gasteiger charge is 2.44. The van der Waals surface area contributed by atoms with Gasteiger partial charge in [-0.1, -0.05) is 109 Å². The zero-order chi connectivity index (χ0) is 41.2. The minimum Gasteiger partial charge on any atom is -0.497 e. The highest BCUT2D eigenvalue weighted by Crippen LogP contribution is 2.44. The molecule has 6 aromatic rings. The van der Waals surface area contributed by atoms with Gasteiger partial charge in [0, 0.05) is 0 Å². The molecule has 0 spiro atoms. The molecule has 0 unspecified atom stereocenters. The summed E-state index contributed by atoms with van der Waals surface area (Å²) >= 11 is 0. The van der Waals surface area contributed by atoms with Crippen molar-refractivity contribution in [2.45, 2.75) is 23.4 Å². The van der Waals surface area contributed by atoms with Crippen LogP contribution in [0.3, 0.4) is 0 Å². The Balaban J connectivity index is 1.49. The van der Waals surface area contributed by atoms with Gasteiger partial charge < -0.3 is 33.7 Å². The van der Waals surface area contributed by atoms with Crippen molar-refractivity contribution < 1.29 is 46.4 Å². The van der Waals surface area contributed by atoms with Crippen molar-refractivity contribution in [1.82, 2.24) is 5.32 Å². The SMILES string of the molecule is COc1ccc(C(OCC(COC(c2ccccc2)(c2ccc(OC)cc2)c2ccc(OC)cc2)NC(=O)C(F)(F)F)(c2ccccc2)c2ccc(OC)cc2)cc1. The van der Waals surface area contributed by atoms with Crippen LogP contribution in [0, 0.1) is 0 Å². The lowest BCUT2D eigenvalue weighted by Crippen LogP contribution is -2.50. The fourth-order valence-electron chi connectivity index (χ4n) is 7.00. The van der Waals surface area contributed by atoms with Gasteiger partial charge >= 0.3 is 12.1 Å². The summed E-state index contributed by atoms with van der Waals surface area (Å²) in [5.41, 5.74) is 1.18. The Kier molecular flexibility index (Phi) is 13.1. The molecule has 8 nitrogen and oxygen atoms in total. The fourth-order valence-corrected chi connectivity index (χ4v) is 7.00. The maximum absolute atomic E-state index is 14.1. The molecule has 58 heavy (non-hydrogen) atoms. The minimum atomic E-state index is -5.19. The van der Waals surface area contributed by atoms with E-state index in [0.717, 1.165) is 0 Å². The lowest BCUT2D eigenvalue weighted by Gasteiger charge is -2.39. The van der Waals surface area contributed by atoms with E-state index in [1.165, 1.54) is 0 Å². The van der Waals surface area contributed by atoms with E-state index in [2.05, 4.69) is 5.32 Å². The van der Waals surface area contributed by atoms with Gasteiger partial charge in [0.1, 0.15) is 34.2 Å². The first-order chi connectivity index (χ1) is 28.1. The predicted octanol–water partition coefficient (Wildman–Crippen LogP) is 9.09. The average molecular weight is 792 g/mol. The Morgan fingerprint density at radius 1 is 0.448 bits per heavy atom. The van der Waals surface area contributed by atoms with Gasteiger partial charge in [0.2, 0.25) is 0 Å². The third kappa shape index (κ3) is 8.81. The van der Waals surface area contributed by atoms with E-state index < -0.39 is 42.5 Å². The van der Waals surface area contributed by atoms with Crippen molar-refractivity contribution in [2.75, 3.05) is 41.7 Å². The Morgan fingerprint density at radius 2 is 0.707 bits per heavy atom. The van der Waals surface area contributed by atoms with Crippen LogP contribution in [0.5, 0.6) is 23.0 Å².